The van der Waals surface area contributed by atoms with Crippen LogP contribution in [-0.4, -0.2) is 11.5 Å². The second-order valence-corrected chi connectivity index (χ2v) is 5.97. The van der Waals surface area contributed by atoms with Crippen molar-refractivity contribution in [2.24, 2.45) is 5.92 Å². The molecule has 1 aliphatic carbocycles. The van der Waals surface area contributed by atoms with Gasteiger partial charge in [-0.15, -0.1) is 11.3 Å². The molecule has 1 N–H and O–H groups in total. The molecule has 2 aromatic heterocycles. The lowest BCUT2D eigenvalue weighted by atomic mass is 10.2. The number of hydrogen-bond donors (Lipinski definition) is 1. The van der Waals surface area contributed by atoms with Crippen LogP contribution < -0.4 is 5.32 Å². The Morgan fingerprint density at radius 2 is 2.28 bits per heavy atom. The van der Waals surface area contributed by atoms with Gasteiger partial charge in [-0.1, -0.05) is 0 Å². The third-order valence-electron chi connectivity index (χ3n) is 3.27. The van der Waals surface area contributed by atoms with Crippen LogP contribution in [-0.2, 0) is 6.54 Å². The second kappa shape index (κ2) is 4.86. The van der Waals surface area contributed by atoms with Crippen LogP contribution in [0.4, 0.5) is 0 Å². The van der Waals surface area contributed by atoms with Crippen LogP contribution in [0.3, 0.4) is 0 Å². The molecular formula is C14H18N2OS. The van der Waals surface area contributed by atoms with Crippen molar-refractivity contribution >= 4 is 11.3 Å². The van der Waals surface area contributed by atoms with Gasteiger partial charge in [0.25, 0.3) is 0 Å². The van der Waals surface area contributed by atoms with Gasteiger partial charge in [-0.2, -0.15) is 0 Å². The van der Waals surface area contributed by atoms with Crippen molar-refractivity contribution < 1.29 is 4.42 Å². The molecule has 1 fully saturated rings. The van der Waals surface area contributed by atoms with Gasteiger partial charge in [-0.25, -0.2) is 4.98 Å². The maximum absolute atomic E-state index is 5.55. The van der Waals surface area contributed by atoms with E-state index in [-0.39, 0.29) is 0 Å². The number of furan rings is 1. The first-order chi connectivity index (χ1) is 8.72. The number of hydrogen-bond acceptors (Lipinski definition) is 4. The maximum atomic E-state index is 5.55. The van der Waals surface area contributed by atoms with E-state index in [0.717, 1.165) is 46.8 Å². The maximum Gasteiger partial charge on any atom is 0.110 e. The lowest BCUT2D eigenvalue weighted by Gasteiger charge is -1.99. The Morgan fingerprint density at radius 1 is 1.44 bits per heavy atom. The van der Waals surface area contributed by atoms with Crippen molar-refractivity contribution in [3.8, 4) is 11.3 Å². The van der Waals surface area contributed by atoms with E-state index in [9.17, 15) is 0 Å². The van der Waals surface area contributed by atoms with E-state index >= 15 is 0 Å². The SMILES string of the molecule is Cc1cc(-c2csc(CNCC3CC3)n2)c(C)o1. The number of thiazole rings is 1. The molecule has 3 rings (SSSR count). The Bertz CT molecular complexity index is 540. The minimum absolute atomic E-state index is 0.886. The zero-order chi connectivity index (χ0) is 12.5. The predicted molar refractivity (Wildman–Crippen MR) is 73.7 cm³/mol. The fourth-order valence-corrected chi connectivity index (χ4v) is 2.87. The average Bonchev–Trinajstić information content (AvgIpc) is 2.92. The van der Waals surface area contributed by atoms with Crippen molar-refractivity contribution in [2.75, 3.05) is 6.54 Å². The van der Waals surface area contributed by atoms with E-state index < -0.39 is 0 Å². The van der Waals surface area contributed by atoms with E-state index in [2.05, 4.69) is 21.7 Å². The molecule has 4 heteroatoms. The van der Waals surface area contributed by atoms with Crippen LogP contribution in [0.15, 0.2) is 15.9 Å². The molecule has 18 heavy (non-hydrogen) atoms. The van der Waals surface area contributed by atoms with Crippen molar-refractivity contribution in [3.63, 3.8) is 0 Å². The Balaban J connectivity index is 1.66. The molecule has 2 aromatic rings. The molecule has 96 valence electrons. The zero-order valence-electron chi connectivity index (χ0n) is 10.8. The van der Waals surface area contributed by atoms with E-state index in [4.69, 9.17) is 4.42 Å². The molecule has 0 aromatic carbocycles. The molecule has 0 unspecified atom stereocenters. The van der Waals surface area contributed by atoms with Crippen LogP contribution in [0.1, 0.15) is 29.4 Å². The predicted octanol–water partition coefficient (Wildman–Crippen LogP) is 3.52. The number of nitrogens with one attached hydrogen (secondary N) is 1. The summed E-state index contributed by atoms with van der Waals surface area (Å²) in [5.41, 5.74) is 2.16. The molecule has 0 atom stereocenters. The first-order valence-corrected chi connectivity index (χ1v) is 7.33. The van der Waals surface area contributed by atoms with Gasteiger partial charge in [0.05, 0.1) is 5.69 Å². The highest BCUT2D eigenvalue weighted by atomic mass is 32.1. The summed E-state index contributed by atoms with van der Waals surface area (Å²) in [6.45, 7) is 5.99. The number of aromatic nitrogens is 1. The van der Waals surface area contributed by atoms with E-state index in [0.29, 0.717) is 0 Å². The van der Waals surface area contributed by atoms with Gasteiger partial charge in [-0.05, 0) is 45.2 Å². The summed E-state index contributed by atoms with van der Waals surface area (Å²) in [6.07, 6.45) is 2.78. The first-order valence-electron chi connectivity index (χ1n) is 6.45. The summed E-state index contributed by atoms with van der Waals surface area (Å²) in [4.78, 5) is 4.67. The lowest BCUT2D eigenvalue weighted by molar-refractivity contribution is 0.505. The Hall–Kier alpha value is -1.13. The quantitative estimate of drug-likeness (QED) is 0.896. The molecule has 0 aliphatic heterocycles. The van der Waals surface area contributed by atoms with Gasteiger partial charge < -0.3 is 9.73 Å². The highest BCUT2D eigenvalue weighted by Crippen LogP contribution is 2.29. The van der Waals surface area contributed by atoms with Crippen LogP contribution >= 0.6 is 11.3 Å². The minimum Gasteiger partial charge on any atom is -0.466 e. The zero-order valence-corrected chi connectivity index (χ0v) is 11.6. The van der Waals surface area contributed by atoms with Crippen LogP contribution in [0.5, 0.6) is 0 Å². The molecule has 0 radical (unpaired) electrons. The minimum atomic E-state index is 0.886. The summed E-state index contributed by atoms with van der Waals surface area (Å²) in [6, 6.07) is 2.06. The number of aryl methyl sites for hydroxylation is 2. The molecular weight excluding hydrogens is 244 g/mol. The van der Waals surface area contributed by atoms with Gasteiger partial charge >= 0.3 is 0 Å². The van der Waals surface area contributed by atoms with E-state index in [1.165, 1.54) is 12.8 Å². The topological polar surface area (TPSA) is 38.1 Å². The fourth-order valence-electron chi connectivity index (χ4n) is 2.11. The molecule has 2 heterocycles. The van der Waals surface area contributed by atoms with Crippen LogP contribution in [0.2, 0.25) is 0 Å². The Kier molecular flexibility index (Phi) is 3.22. The highest BCUT2D eigenvalue weighted by molar-refractivity contribution is 7.09. The second-order valence-electron chi connectivity index (χ2n) is 5.03. The van der Waals surface area contributed by atoms with E-state index in [1.54, 1.807) is 11.3 Å². The molecule has 0 bridgehead atoms. The van der Waals surface area contributed by atoms with Gasteiger partial charge in [0.1, 0.15) is 16.5 Å². The van der Waals surface area contributed by atoms with Crippen LogP contribution in [0.25, 0.3) is 11.3 Å². The Labute approximate surface area is 111 Å². The molecule has 0 spiro atoms. The normalized spacial score (nSPS) is 15.2. The molecule has 0 saturated heterocycles. The van der Waals surface area contributed by atoms with Gasteiger partial charge in [0.15, 0.2) is 0 Å². The van der Waals surface area contributed by atoms with Crippen molar-refractivity contribution in [1.82, 2.24) is 10.3 Å². The lowest BCUT2D eigenvalue weighted by Crippen LogP contribution is -2.15. The van der Waals surface area contributed by atoms with Crippen LogP contribution in [0, 0.1) is 19.8 Å². The smallest absolute Gasteiger partial charge is 0.110 e. The average molecular weight is 262 g/mol. The number of rotatable bonds is 5. The molecule has 1 saturated carbocycles. The van der Waals surface area contributed by atoms with E-state index in [1.807, 2.05) is 13.8 Å². The van der Waals surface area contributed by atoms with Gasteiger partial charge in [0.2, 0.25) is 0 Å². The monoisotopic (exact) mass is 262 g/mol. The summed E-state index contributed by atoms with van der Waals surface area (Å²) < 4.78 is 5.55. The molecule has 3 nitrogen and oxygen atoms in total. The number of nitrogens with zero attached hydrogens (tertiary/aromatic N) is 1. The third kappa shape index (κ3) is 2.65. The van der Waals surface area contributed by atoms with Crippen molar-refractivity contribution in [2.45, 2.75) is 33.2 Å². The summed E-state index contributed by atoms with van der Waals surface area (Å²) in [7, 11) is 0. The molecule has 0 amide bonds. The largest absolute Gasteiger partial charge is 0.466 e. The standard InChI is InChI=1S/C14H18N2OS/c1-9-5-12(10(2)17-9)13-8-18-14(16-13)7-15-6-11-3-4-11/h5,8,11,15H,3-4,6-7H2,1-2H3. The molecule has 1 aliphatic rings. The summed E-state index contributed by atoms with van der Waals surface area (Å²) in [5, 5.41) is 6.75. The van der Waals surface area contributed by atoms with Gasteiger partial charge in [-0.3, -0.25) is 0 Å². The van der Waals surface area contributed by atoms with Gasteiger partial charge in [0, 0.05) is 17.5 Å². The summed E-state index contributed by atoms with van der Waals surface area (Å²) in [5.74, 6) is 2.82. The summed E-state index contributed by atoms with van der Waals surface area (Å²) >= 11 is 1.72. The Morgan fingerprint density at radius 3 is 2.94 bits per heavy atom. The highest BCUT2D eigenvalue weighted by Gasteiger charge is 2.20. The third-order valence-corrected chi connectivity index (χ3v) is 4.12. The van der Waals surface area contributed by atoms with Crippen molar-refractivity contribution in [3.05, 3.63) is 28.0 Å². The van der Waals surface area contributed by atoms with Crippen molar-refractivity contribution in [1.29, 1.82) is 0 Å². The fraction of sp³-hybridized carbons (Fsp3) is 0.500. The first kappa shape index (κ1) is 11.9.